The Balaban J connectivity index is 1.94. The summed E-state index contributed by atoms with van der Waals surface area (Å²) < 4.78 is 27.1. The van der Waals surface area contributed by atoms with Crippen LogP contribution in [0.4, 0.5) is 0 Å². The van der Waals surface area contributed by atoms with Gasteiger partial charge in [-0.3, -0.25) is 0 Å². The van der Waals surface area contributed by atoms with E-state index in [0.717, 1.165) is 17.7 Å². The molecule has 0 aromatic carbocycles. The van der Waals surface area contributed by atoms with Crippen LogP contribution in [-0.2, 0) is 16.4 Å². The molecule has 1 unspecified atom stereocenters. The van der Waals surface area contributed by atoms with E-state index in [1.165, 1.54) is 6.20 Å². The number of aryl methyl sites for hydroxylation is 1. The zero-order chi connectivity index (χ0) is 14.2. The van der Waals surface area contributed by atoms with Crippen LogP contribution in [0.5, 0.6) is 0 Å². The number of H-pyrrole nitrogens is 1. The second-order valence-electron chi connectivity index (χ2n) is 4.84. The number of hydrogen-bond acceptors (Lipinski definition) is 4. The van der Waals surface area contributed by atoms with Crippen LogP contribution in [0, 0.1) is 0 Å². The second kappa shape index (κ2) is 5.31. The molecule has 1 atom stereocenters. The van der Waals surface area contributed by atoms with Crippen molar-refractivity contribution in [1.82, 2.24) is 14.3 Å². The van der Waals surface area contributed by atoms with Crippen molar-refractivity contribution >= 4 is 21.4 Å². The quantitative estimate of drug-likeness (QED) is 0.943. The smallest absolute Gasteiger partial charge is 0.260 e. The average molecular weight is 311 g/mol. The van der Waals surface area contributed by atoms with E-state index in [9.17, 15) is 8.42 Å². The molecular weight excluding hydrogens is 294 g/mol. The fourth-order valence-electron chi connectivity index (χ4n) is 2.57. The first-order valence-corrected chi connectivity index (χ1v) is 9.04. The molecule has 108 valence electrons. The molecule has 0 saturated carbocycles. The molecule has 1 fully saturated rings. The minimum absolute atomic E-state index is 0.0339. The molecule has 1 aliphatic rings. The minimum atomic E-state index is -3.48. The van der Waals surface area contributed by atoms with E-state index in [4.69, 9.17) is 0 Å². The molecule has 2 aromatic heterocycles. The lowest BCUT2D eigenvalue weighted by molar-refractivity contribution is 0.399. The van der Waals surface area contributed by atoms with Crippen LogP contribution in [0.2, 0.25) is 0 Å². The van der Waals surface area contributed by atoms with Crippen molar-refractivity contribution in [1.29, 1.82) is 0 Å². The van der Waals surface area contributed by atoms with Crippen LogP contribution in [0.1, 0.15) is 36.5 Å². The standard InChI is InChI=1S/C13H17N3O2S2/c1-2-12-14-9-13(15-12)20(17,18)16-7-3-5-10(16)11-6-4-8-19-11/h4,6,8-10H,2-3,5,7H2,1H3,(H,14,15). The van der Waals surface area contributed by atoms with Gasteiger partial charge in [0.05, 0.1) is 12.2 Å². The Kier molecular flexibility index (Phi) is 3.66. The van der Waals surface area contributed by atoms with E-state index in [2.05, 4.69) is 9.97 Å². The minimum Gasteiger partial charge on any atom is -0.332 e. The molecule has 0 aliphatic carbocycles. The molecule has 1 N–H and O–H groups in total. The maximum absolute atomic E-state index is 12.7. The number of hydrogen-bond donors (Lipinski definition) is 1. The molecule has 0 spiro atoms. The van der Waals surface area contributed by atoms with Gasteiger partial charge in [0, 0.05) is 17.8 Å². The lowest BCUT2D eigenvalue weighted by Crippen LogP contribution is -2.30. The predicted octanol–water partition coefficient (Wildman–Crippen LogP) is 2.56. The van der Waals surface area contributed by atoms with Gasteiger partial charge in [0.15, 0.2) is 5.03 Å². The molecule has 1 aliphatic heterocycles. The largest absolute Gasteiger partial charge is 0.332 e. The third-order valence-electron chi connectivity index (χ3n) is 3.60. The van der Waals surface area contributed by atoms with Gasteiger partial charge < -0.3 is 4.98 Å². The van der Waals surface area contributed by atoms with Gasteiger partial charge in [-0.1, -0.05) is 13.0 Å². The predicted molar refractivity (Wildman–Crippen MR) is 78.2 cm³/mol. The number of rotatable bonds is 4. The summed E-state index contributed by atoms with van der Waals surface area (Å²) in [6, 6.07) is 3.94. The van der Waals surface area contributed by atoms with Crippen LogP contribution in [0.15, 0.2) is 28.7 Å². The summed E-state index contributed by atoms with van der Waals surface area (Å²) in [6.07, 6.45) is 3.91. The molecule has 3 rings (SSSR count). The lowest BCUT2D eigenvalue weighted by atomic mass is 10.2. The number of nitrogens with zero attached hydrogens (tertiary/aromatic N) is 2. The van der Waals surface area contributed by atoms with Crippen LogP contribution < -0.4 is 0 Å². The number of nitrogens with one attached hydrogen (secondary N) is 1. The third-order valence-corrected chi connectivity index (χ3v) is 6.39. The van der Waals surface area contributed by atoms with E-state index in [0.29, 0.717) is 18.8 Å². The van der Waals surface area contributed by atoms with Crippen molar-refractivity contribution in [2.45, 2.75) is 37.3 Å². The molecule has 0 radical (unpaired) electrons. The fourth-order valence-corrected chi connectivity index (χ4v) is 5.12. The molecule has 1 saturated heterocycles. The van der Waals surface area contributed by atoms with Crippen molar-refractivity contribution < 1.29 is 8.42 Å². The second-order valence-corrected chi connectivity index (χ2v) is 7.68. The Hall–Kier alpha value is -1.18. The van der Waals surface area contributed by atoms with Gasteiger partial charge >= 0.3 is 0 Å². The maximum Gasteiger partial charge on any atom is 0.260 e. The van der Waals surface area contributed by atoms with Crippen molar-refractivity contribution in [2.24, 2.45) is 0 Å². The molecule has 2 aromatic rings. The third kappa shape index (κ3) is 2.30. The zero-order valence-electron chi connectivity index (χ0n) is 11.2. The van der Waals surface area contributed by atoms with E-state index >= 15 is 0 Å². The number of aromatic amines is 1. The first kappa shape index (κ1) is 13.8. The molecular formula is C13H17N3O2S2. The molecule has 0 amide bonds. The fraction of sp³-hybridized carbons (Fsp3) is 0.462. The van der Waals surface area contributed by atoms with Crippen LogP contribution >= 0.6 is 11.3 Å². The summed E-state index contributed by atoms with van der Waals surface area (Å²) in [5, 5.41) is 2.20. The Morgan fingerprint density at radius 1 is 1.55 bits per heavy atom. The first-order valence-electron chi connectivity index (χ1n) is 6.72. The van der Waals surface area contributed by atoms with Gasteiger partial charge in [-0.05, 0) is 24.3 Å². The Morgan fingerprint density at radius 3 is 3.05 bits per heavy atom. The van der Waals surface area contributed by atoms with Crippen LogP contribution in [0.3, 0.4) is 0 Å². The van der Waals surface area contributed by atoms with Gasteiger partial charge in [-0.15, -0.1) is 11.3 Å². The van der Waals surface area contributed by atoms with Gasteiger partial charge in [0.25, 0.3) is 10.0 Å². The summed E-state index contributed by atoms with van der Waals surface area (Å²) in [5.41, 5.74) is 0. The molecule has 0 bridgehead atoms. The number of sulfonamides is 1. The highest BCUT2D eigenvalue weighted by Gasteiger charge is 2.37. The highest BCUT2D eigenvalue weighted by Crippen LogP contribution is 2.37. The van der Waals surface area contributed by atoms with Gasteiger partial charge in [0.1, 0.15) is 5.82 Å². The molecule has 3 heterocycles. The summed E-state index contributed by atoms with van der Waals surface area (Å²) in [7, 11) is -3.48. The Morgan fingerprint density at radius 2 is 2.40 bits per heavy atom. The first-order chi connectivity index (χ1) is 9.63. The van der Waals surface area contributed by atoms with Crippen molar-refractivity contribution in [3.05, 3.63) is 34.4 Å². The summed E-state index contributed by atoms with van der Waals surface area (Å²) in [4.78, 5) is 8.12. The highest BCUT2D eigenvalue weighted by molar-refractivity contribution is 7.89. The van der Waals surface area contributed by atoms with Gasteiger partial charge in [0.2, 0.25) is 0 Å². The topological polar surface area (TPSA) is 66.1 Å². The number of imidazole rings is 1. The number of thiophene rings is 1. The van der Waals surface area contributed by atoms with E-state index < -0.39 is 10.0 Å². The van der Waals surface area contributed by atoms with E-state index in [1.807, 2.05) is 24.4 Å². The molecule has 7 heteroatoms. The van der Waals surface area contributed by atoms with Crippen molar-refractivity contribution in [2.75, 3.05) is 6.54 Å². The molecule has 20 heavy (non-hydrogen) atoms. The lowest BCUT2D eigenvalue weighted by Gasteiger charge is -2.22. The summed E-state index contributed by atoms with van der Waals surface area (Å²) >= 11 is 1.61. The summed E-state index contributed by atoms with van der Waals surface area (Å²) in [5.74, 6) is 0.704. The zero-order valence-corrected chi connectivity index (χ0v) is 12.9. The SMILES string of the molecule is CCc1ncc(S(=O)(=O)N2CCCC2c2cccs2)[nH]1. The monoisotopic (exact) mass is 311 g/mol. The molecule has 5 nitrogen and oxygen atoms in total. The van der Waals surface area contributed by atoms with Crippen molar-refractivity contribution in [3.63, 3.8) is 0 Å². The maximum atomic E-state index is 12.7. The van der Waals surface area contributed by atoms with Crippen LogP contribution in [0.25, 0.3) is 0 Å². The van der Waals surface area contributed by atoms with Crippen molar-refractivity contribution in [3.8, 4) is 0 Å². The van der Waals surface area contributed by atoms with Gasteiger partial charge in [-0.2, -0.15) is 4.31 Å². The van der Waals surface area contributed by atoms with Crippen LogP contribution in [-0.4, -0.2) is 29.2 Å². The summed E-state index contributed by atoms with van der Waals surface area (Å²) in [6.45, 7) is 2.52. The van der Waals surface area contributed by atoms with E-state index in [-0.39, 0.29) is 11.1 Å². The Bertz CT molecular complexity index is 676. The average Bonchev–Trinajstić information content (AvgIpc) is 3.17. The highest BCUT2D eigenvalue weighted by atomic mass is 32.2. The normalized spacial score (nSPS) is 20.6. The van der Waals surface area contributed by atoms with E-state index in [1.54, 1.807) is 15.6 Å². The number of aromatic nitrogens is 2. The Labute approximate surface area is 122 Å². The van der Waals surface area contributed by atoms with Gasteiger partial charge in [-0.25, -0.2) is 13.4 Å².